The third-order valence-electron chi connectivity index (χ3n) is 6.14. The molecule has 1 aliphatic rings. The predicted molar refractivity (Wildman–Crippen MR) is 120 cm³/mol. The van der Waals surface area contributed by atoms with Gasteiger partial charge in [-0.3, -0.25) is 9.80 Å². The van der Waals surface area contributed by atoms with Gasteiger partial charge in [-0.05, 0) is 23.1 Å². The fourth-order valence-electron chi connectivity index (χ4n) is 4.47. The van der Waals surface area contributed by atoms with E-state index in [1.807, 2.05) is 0 Å². The van der Waals surface area contributed by atoms with Gasteiger partial charge in [0, 0.05) is 44.8 Å². The van der Waals surface area contributed by atoms with E-state index < -0.39 is 0 Å². The molecule has 150 valence electrons. The van der Waals surface area contributed by atoms with Crippen molar-refractivity contribution in [2.75, 3.05) is 19.6 Å². The van der Waals surface area contributed by atoms with Crippen LogP contribution in [-0.2, 0) is 19.6 Å². The SMILES string of the molecule is NCC1(N(Cc2ccccc2)Cc2ccccc2)CCN(Cc2ccccc2)C1. The second-order valence-electron chi connectivity index (χ2n) is 8.20. The van der Waals surface area contributed by atoms with Crippen LogP contribution >= 0.6 is 0 Å². The zero-order valence-electron chi connectivity index (χ0n) is 17.1. The molecule has 0 saturated carbocycles. The molecule has 2 N–H and O–H groups in total. The second-order valence-corrected chi connectivity index (χ2v) is 8.20. The van der Waals surface area contributed by atoms with Crippen molar-refractivity contribution in [3.63, 3.8) is 0 Å². The Morgan fingerprint density at radius 3 is 1.69 bits per heavy atom. The third-order valence-corrected chi connectivity index (χ3v) is 6.14. The molecule has 0 amide bonds. The van der Waals surface area contributed by atoms with Crippen molar-refractivity contribution < 1.29 is 0 Å². The van der Waals surface area contributed by atoms with E-state index in [9.17, 15) is 0 Å². The van der Waals surface area contributed by atoms with Gasteiger partial charge < -0.3 is 5.73 Å². The van der Waals surface area contributed by atoms with Crippen LogP contribution in [0.4, 0.5) is 0 Å². The lowest BCUT2D eigenvalue weighted by atomic mass is 9.94. The standard InChI is InChI=1S/C26H31N3/c27-21-26(16-17-28(22-26)18-23-10-4-1-5-11-23)29(19-24-12-6-2-7-13-24)20-25-14-8-3-9-15-25/h1-15H,16-22,27H2. The van der Waals surface area contributed by atoms with E-state index in [0.29, 0.717) is 6.54 Å². The second kappa shape index (κ2) is 9.36. The zero-order chi connectivity index (χ0) is 19.9. The average molecular weight is 386 g/mol. The fourth-order valence-corrected chi connectivity index (χ4v) is 4.47. The molecule has 29 heavy (non-hydrogen) atoms. The van der Waals surface area contributed by atoms with Crippen molar-refractivity contribution in [3.8, 4) is 0 Å². The van der Waals surface area contributed by atoms with Gasteiger partial charge >= 0.3 is 0 Å². The summed E-state index contributed by atoms with van der Waals surface area (Å²) in [6.07, 6.45) is 1.11. The van der Waals surface area contributed by atoms with Gasteiger partial charge in [-0.15, -0.1) is 0 Å². The topological polar surface area (TPSA) is 32.5 Å². The van der Waals surface area contributed by atoms with Crippen molar-refractivity contribution in [3.05, 3.63) is 108 Å². The monoisotopic (exact) mass is 385 g/mol. The smallest absolute Gasteiger partial charge is 0.0477 e. The first kappa shape index (κ1) is 19.8. The molecule has 0 aromatic heterocycles. The first-order valence-corrected chi connectivity index (χ1v) is 10.6. The highest BCUT2D eigenvalue weighted by Gasteiger charge is 2.41. The lowest BCUT2D eigenvalue weighted by molar-refractivity contribution is 0.0810. The molecule has 0 aliphatic carbocycles. The van der Waals surface area contributed by atoms with Crippen LogP contribution < -0.4 is 5.73 Å². The minimum Gasteiger partial charge on any atom is -0.329 e. The minimum absolute atomic E-state index is 0.000460. The molecule has 1 heterocycles. The van der Waals surface area contributed by atoms with Crippen LogP contribution in [0.3, 0.4) is 0 Å². The molecule has 1 atom stereocenters. The highest BCUT2D eigenvalue weighted by atomic mass is 15.3. The highest BCUT2D eigenvalue weighted by Crippen LogP contribution is 2.31. The maximum atomic E-state index is 6.46. The molecule has 1 saturated heterocycles. The first-order chi connectivity index (χ1) is 14.3. The molecule has 1 fully saturated rings. The van der Waals surface area contributed by atoms with Gasteiger partial charge in [0.15, 0.2) is 0 Å². The quantitative estimate of drug-likeness (QED) is 0.628. The number of benzene rings is 3. The van der Waals surface area contributed by atoms with Gasteiger partial charge in [0.25, 0.3) is 0 Å². The van der Waals surface area contributed by atoms with E-state index in [0.717, 1.165) is 39.1 Å². The van der Waals surface area contributed by atoms with Crippen molar-refractivity contribution >= 4 is 0 Å². The first-order valence-electron chi connectivity index (χ1n) is 10.6. The number of rotatable bonds is 8. The molecule has 3 nitrogen and oxygen atoms in total. The van der Waals surface area contributed by atoms with Crippen LogP contribution in [0.5, 0.6) is 0 Å². The molecular formula is C26H31N3. The molecule has 3 heteroatoms. The Balaban J connectivity index is 1.55. The molecule has 0 spiro atoms. The summed E-state index contributed by atoms with van der Waals surface area (Å²) in [6, 6.07) is 32.3. The summed E-state index contributed by atoms with van der Waals surface area (Å²) >= 11 is 0. The lowest BCUT2D eigenvalue weighted by Crippen LogP contribution is -2.54. The van der Waals surface area contributed by atoms with Crippen molar-refractivity contribution in [2.45, 2.75) is 31.6 Å². The molecule has 3 aromatic carbocycles. The van der Waals surface area contributed by atoms with Crippen molar-refractivity contribution in [1.82, 2.24) is 9.80 Å². The van der Waals surface area contributed by atoms with Gasteiger partial charge in [0.05, 0.1) is 0 Å². The lowest BCUT2D eigenvalue weighted by Gasteiger charge is -2.41. The highest BCUT2D eigenvalue weighted by molar-refractivity contribution is 5.20. The zero-order valence-corrected chi connectivity index (χ0v) is 17.1. The van der Waals surface area contributed by atoms with Gasteiger partial charge in [-0.25, -0.2) is 0 Å². The van der Waals surface area contributed by atoms with E-state index in [1.165, 1.54) is 16.7 Å². The number of hydrogen-bond donors (Lipinski definition) is 1. The van der Waals surface area contributed by atoms with Crippen molar-refractivity contribution in [1.29, 1.82) is 0 Å². The fraction of sp³-hybridized carbons (Fsp3) is 0.308. The van der Waals surface area contributed by atoms with Crippen LogP contribution in [-0.4, -0.2) is 35.0 Å². The summed E-state index contributed by atoms with van der Waals surface area (Å²) in [5, 5.41) is 0. The number of nitrogens with zero attached hydrogens (tertiary/aromatic N) is 2. The summed E-state index contributed by atoms with van der Waals surface area (Å²) in [5.41, 5.74) is 10.5. The molecule has 4 rings (SSSR count). The Kier molecular flexibility index (Phi) is 6.40. The molecule has 1 aliphatic heterocycles. The molecule has 0 radical (unpaired) electrons. The maximum Gasteiger partial charge on any atom is 0.0477 e. The normalized spacial score (nSPS) is 19.7. The van der Waals surface area contributed by atoms with Gasteiger partial charge in [0.2, 0.25) is 0 Å². The molecule has 0 bridgehead atoms. The van der Waals surface area contributed by atoms with E-state index in [-0.39, 0.29) is 5.54 Å². The Labute approximate surface area is 174 Å². The van der Waals surface area contributed by atoms with Crippen LogP contribution in [0.2, 0.25) is 0 Å². The van der Waals surface area contributed by atoms with Crippen molar-refractivity contribution in [2.24, 2.45) is 5.73 Å². The summed E-state index contributed by atoms with van der Waals surface area (Å²) in [7, 11) is 0. The third kappa shape index (κ3) is 4.94. The van der Waals surface area contributed by atoms with Gasteiger partial charge in [-0.1, -0.05) is 91.0 Å². The number of likely N-dealkylation sites (tertiary alicyclic amines) is 1. The Bertz CT molecular complexity index is 825. The number of nitrogens with two attached hydrogens (primary N) is 1. The predicted octanol–water partition coefficient (Wildman–Crippen LogP) is 4.29. The Hall–Kier alpha value is -2.46. The summed E-state index contributed by atoms with van der Waals surface area (Å²) in [4.78, 5) is 5.17. The maximum absolute atomic E-state index is 6.46. The summed E-state index contributed by atoms with van der Waals surface area (Å²) in [5.74, 6) is 0. The largest absolute Gasteiger partial charge is 0.329 e. The van der Waals surface area contributed by atoms with Crippen LogP contribution in [0.15, 0.2) is 91.0 Å². The summed E-state index contributed by atoms with van der Waals surface area (Å²) in [6.45, 7) is 5.62. The van der Waals surface area contributed by atoms with Crippen LogP contribution in [0.25, 0.3) is 0 Å². The molecular weight excluding hydrogens is 354 g/mol. The molecule has 3 aromatic rings. The van der Waals surface area contributed by atoms with E-state index in [2.05, 4.69) is 101 Å². The Morgan fingerprint density at radius 1 is 0.724 bits per heavy atom. The average Bonchev–Trinajstić information content (AvgIpc) is 3.20. The van der Waals surface area contributed by atoms with E-state index in [1.54, 1.807) is 0 Å². The molecule has 1 unspecified atom stereocenters. The van der Waals surface area contributed by atoms with Gasteiger partial charge in [0.1, 0.15) is 0 Å². The van der Waals surface area contributed by atoms with Crippen LogP contribution in [0, 0.1) is 0 Å². The van der Waals surface area contributed by atoms with E-state index in [4.69, 9.17) is 5.73 Å². The van der Waals surface area contributed by atoms with Gasteiger partial charge in [-0.2, -0.15) is 0 Å². The number of hydrogen-bond acceptors (Lipinski definition) is 3. The van der Waals surface area contributed by atoms with E-state index >= 15 is 0 Å². The summed E-state index contributed by atoms with van der Waals surface area (Å²) < 4.78 is 0. The Morgan fingerprint density at radius 2 is 1.21 bits per heavy atom. The van der Waals surface area contributed by atoms with Crippen LogP contribution in [0.1, 0.15) is 23.1 Å². The minimum atomic E-state index is 0.000460.